The van der Waals surface area contributed by atoms with Gasteiger partial charge in [-0.15, -0.1) is 0 Å². The normalized spacial score (nSPS) is 12.6. The van der Waals surface area contributed by atoms with Crippen LogP contribution in [0.3, 0.4) is 0 Å². The standard InChI is InChI=1S/C19H17Cl2F4N3O2/c1-10(18(30)27-16-6-3-11(22)7-15(16)21)28(2)9-17(29)26-12-4-5-14(20)13(8-12)19(23,24)25/h3-8,10H,9H2,1-2H3,(H,26,29)(H,27,30). The summed E-state index contributed by atoms with van der Waals surface area (Å²) in [5.74, 6) is -1.70. The first-order chi connectivity index (χ1) is 13.9. The third kappa shape index (κ3) is 6.32. The maximum atomic E-state index is 13.1. The first-order valence-electron chi connectivity index (χ1n) is 8.51. The summed E-state index contributed by atoms with van der Waals surface area (Å²) < 4.78 is 51.8. The molecule has 30 heavy (non-hydrogen) atoms. The van der Waals surface area contributed by atoms with Crippen molar-refractivity contribution in [3.05, 3.63) is 57.8 Å². The molecule has 0 aliphatic heterocycles. The van der Waals surface area contributed by atoms with Gasteiger partial charge in [0.2, 0.25) is 11.8 Å². The van der Waals surface area contributed by atoms with Gasteiger partial charge >= 0.3 is 6.18 Å². The molecule has 0 saturated carbocycles. The van der Waals surface area contributed by atoms with Gasteiger partial charge in [-0.25, -0.2) is 4.39 Å². The van der Waals surface area contributed by atoms with E-state index in [-0.39, 0.29) is 22.9 Å². The first kappa shape index (κ1) is 23.9. The average Bonchev–Trinajstić information content (AvgIpc) is 2.63. The molecule has 0 fully saturated rings. The summed E-state index contributed by atoms with van der Waals surface area (Å²) in [5.41, 5.74) is -0.951. The molecule has 2 amide bonds. The third-order valence-electron chi connectivity index (χ3n) is 4.18. The molecule has 0 aliphatic rings. The van der Waals surface area contributed by atoms with E-state index in [4.69, 9.17) is 23.2 Å². The van der Waals surface area contributed by atoms with Gasteiger partial charge in [-0.1, -0.05) is 23.2 Å². The number of benzene rings is 2. The van der Waals surface area contributed by atoms with Crippen LogP contribution in [-0.2, 0) is 15.8 Å². The Kier molecular flexibility index (Phi) is 7.68. The number of amides is 2. The van der Waals surface area contributed by atoms with E-state index in [1.165, 1.54) is 31.0 Å². The molecular formula is C19H17Cl2F4N3O2. The molecule has 1 atom stereocenters. The summed E-state index contributed by atoms with van der Waals surface area (Å²) in [6.45, 7) is 1.24. The van der Waals surface area contributed by atoms with Crippen LogP contribution >= 0.6 is 23.2 Å². The lowest BCUT2D eigenvalue weighted by molar-refractivity contribution is -0.137. The lowest BCUT2D eigenvalue weighted by Gasteiger charge is -2.23. The summed E-state index contributed by atoms with van der Waals surface area (Å²) in [4.78, 5) is 25.9. The van der Waals surface area contributed by atoms with E-state index >= 15 is 0 Å². The van der Waals surface area contributed by atoms with Gasteiger partial charge in [0, 0.05) is 5.69 Å². The zero-order valence-corrected chi connectivity index (χ0v) is 17.3. The predicted molar refractivity (Wildman–Crippen MR) is 107 cm³/mol. The number of hydrogen-bond donors (Lipinski definition) is 2. The summed E-state index contributed by atoms with van der Waals surface area (Å²) in [7, 11) is 1.49. The fourth-order valence-corrected chi connectivity index (χ4v) is 2.85. The second-order valence-electron chi connectivity index (χ2n) is 6.45. The number of alkyl halides is 3. The van der Waals surface area contributed by atoms with E-state index < -0.39 is 40.4 Å². The second kappa shape index (κ2) is 9.63. The van der Waals surface area contributed by atoms with Gasteiger partial charge in [-0.2, -0.15) is 13.2 Å². The smallest absolute Gasteiger partial charge is 0.325 e. The number of anilines is 2. The highest BCUT2D eigenvalue weighted by Gasteiger charge is 2.33. The van der Waals surface area contributed by atoms with Gasteiger partial charge in [-0.05, 0) is 50.4 Å². The molecule has 0 saturated heterocycles. The van der Waals surface area contributed by atoms with Crippen molar-refractivity contribution >= 4 is 46.4 Å². The van der Waals surface area contributed by atoms with E-state index in [0.29, 0.717) is 0 Å². The Morgan fingerprint density at radius 3 is 2.33 bits per heavy atom. The van der Waals surface area contributed by atoms with Gasteiger partial charge in [0.05, 0.1) is 33.9 Å². The van der Waals surface area contributed by atoms with Crippen LogP contribution in [0.25, 0.3) is 0 Å². The van der Waals surface area contributed by atoms with E-state index in [1.54, 1.807) is 0 Å². The van der Waals surface area contributed by atoms with Crippen molar-refractivity contribution in [1.82, 2.24) is 4.90 Å². The topological polar surface area (TPSA) is 61.4 Å². The zero-order chi connectivity index (χ0) is 22.6. The lowest BCUT2D eigenvalue weighted by Crippen LogP contribution is -2.43. The Bertz CT molecular complexity index is 954. The quantitative estimate of drug-likeness (QED) is 0.586. The highest BCUT2D eigenvalue weighted by atomic mass is 35.5. The minimum atomic E-state index is -4.66. The van der Waals surface area contributed by atoms with E-state index in [0.717, 1.165) is 24.3 Å². The molecule has 0 aliphatic carbocycles. The monoisotopic (exact) mass is 465 g/mol. The number of nitrogens with zero attached hydrogens (tertiary/aromatic N) is 1. The molecule has 0 aromatic heterocycles. The van der Waals surface area contributed by atoms with Crippen LogP contribution in [0.1, 0.15) is 12.5 Å². The Labute approximate surface area is 179 Å². The fraction of sp³-hybridized carbons (Fsp3) is 0.263. The molecule has 1 unspecified atom stereocenters. The minimum absolute atomic E-state index is 0.0131. The van der Waals surface area contributed by atoms with Crippen molar-refractivity contribution in [2.45, 2.75) is 19.1 Å². The van der Waals surface area contributed by atoms with Gasteiger partial charge in [0.15, 0.2) is 0 Å². The molecule has 2 aromatic rings. The number of likely N-dealkylation sites (N-methyl/N-ethyl adjacent to an activating group) is 1. The van der Waals surface area contributed by atoms with Crippen molar-refractivity contribution in [1.29, 1.82) is 0 Å². The number of carbonyl (C=O) groups is 2. The van der Waals surface area contributed by atoms with Crippen LogP contribution in [0, 0.1) is 5.82 Å². The molecule has 0 bridgehead atoms. The van der Waals surface area contributed by atoms with Crippen LogP contribution in [0.2, 0.25) is 10.0 Å². The third-order valence-corrected chi connectivity index (χ3v) is 4.82. The van der Waals surface area contributed by atoms with Crippen LogP contribution < -0.4 is 10.6 Å². The Hall–Kier alpha value is -2.36. The molecule has 0 spiro atoms. The lowest BCUT2D eigenvalue weighted by atomic mass is 10.2. The molecule has 162 valence electrons. The highest BCUT2D eigenvalue weighted by molar-refractivity contribution is 6.33. The summed E-state index contributed by atoms with van der Waals surface area (Å²) in [6.07, 6.45) is -4.66. The summed E-state index contributed by atoms with van der Waals surface area (Å²) >= 11 is 11.4. The van der Waals surface area contributed by atoms with Crippen molar-refractivity contribution in [3.63, 3.8) is 0 Å². The zero-order valence-electron chi connectivity index (χ0n) is 15.8. The Morgan fingerprint density at radius 2 is 1.73 bits per heavy atom. The van der Waals surface area contributed by atoms with Crippen molar-refractivity contribution in [3.8, 4) is 0 Å². The summed E-state index contributed by atoms with van der Waals surface area (Å²) in [6, 6.07) is 5.67. The molecule has 2 aromatic carbocycles. The van der Waals surface area contributed by atoms with Crippen LogP contribution in [0.4, 0.5) is 28.9 Å². The van der Waals surface area contributed by atoms with Gasteiger partial charge in [-0.3, -0.25) is 14.5 Å². The largest absolute Gasteiger partial charge is 0.417 e. The maximum absolute atomic E-state index is 13.1. The van der Waals surface area contributed by atoms with Gasteiger partial charge < -0.3 is 10.6 Å². The van der Waals surface area contributed by atoms with Crippen LogP contribution in [0.5, 0.6) is 0 Å². The van der Waals surface area contributed by atoms with E-state index in [1.807, 2.05) is 0 Å². The number of carbonyl (C=O) groups excluding carboxylic acids is 2. The minimum Gasteiger partial charge on any atom is -0.325 e. The summed E-state index contributed by atoms with van der Waals surface area (Å²) in [5, 5.41) is 4.39. The fourth-order valence-electron chi connectivity index (χ4n) is 2.41. The SMILES string of the molecule is CC(C(=O)Nc1ccc(F)cc1Cl)N(C)CC(=O)Nc1ccc(Cl)c(C(F)(F)F)c1. The molecular weight excluding hydrogens is 449 g/mol. The van der Waals surface area contributed by atoms with Crippen LogP contribution in [-0.4, -0.2) is 36.3 Å². The molecule has 0 radical (unpaired) electrons. The Morgan fingerprint density at radius 1 is 1.07 bits per heavy atom. The molecule has 2 N–H and O–H groups in total. The Balaban J connectivity index is 1.98. The van der Waals surface area contributed by atoms with E-state index in [9.17, 15) is 27.2 Å². The van der Waals surface area contributed by atoms with Gasteiger partial charge in [0.1, 0.15) is 5.82 Å². The van der Waals surface area contributed by atoms with Gasteiger partial charge in [0.25, 0.3) is 0 Å². The number of nitrogens with one attached hydrogen (secondary N) is 2. The molecule has 2 rings (SSSR count). The molecule has 5 nitrogen and oxygen atoms in total. The average molecular weight is 466 g/mol. The maximum Gasteiger partial charge on any atom is 0.417 e. The van der Waals surface area contributed by atoms with Crippen molar-refractivity contribution < 1.29 is 27.2 Å². The number of halogens is 6. The predicted octanol–water partition coefficient (Wildman–Crippen LogP) is 5.05. The highest BCUT2D eigenvalue weighted by Crippen LogP contribution is 2.36. The number of rotatable bonds is 6. The van der Waals surface area contributed by atoms with Crippen molar-refractivity contribution in [2.24, 2.45) is 0 Å². The van der Waals surface area contributed by atoms with E-state index in [2.05, 4.69) is 10.6 Å². The second-order valence-corrected chi connectivity index (χ2v) is 7.26. The number of hydrogen-bond acceptors (Lipinski definition) is 3. The van der Waals surface area contributed by atoms with Crippen LogP contribution in [0.15, 0.2) is 36.4 Å². The molecule has 0 heterocycles. The van der Waals surface area contributed by atoms with Crippen molar-refractivity contribution in [2.75, 3.05) is 24.2 Å². The first-order valence-corrected chi connectivity index (χ1v) is 9.27. The molecule has 11 heteroatoms.